The van der Waals surface area contributed by atoms with E-state index < -0.39 is 6.04 Å². The summed E-state index contributed by atoms with van der Waals surface area (Å²) in [6.07, 6.45) is 5.28. The van der Waals surface area contributed by atoms with E-state index in [4.69, 9.17) is 11.5 Å². The molecule has 2 amide bonds. The van der Waals surface area contributed by atoms with Crippen LogP contribution in [0.3, 0.4) is 0 Å². The SMILES string of the molecule is C[C@@H](NC(=O)[C@H](CCCN=C(N)N)NC(=O)c1ccc(CN(CCc2cccnc2)Cc2ccc(F)cc2)cc1)c1cccc2ccccc12. The predicted octanol–water partition coefficient (Wildman–Crippen LogP) is 5.65. The molecule has 0 fully saturated rings. The Morgan fingerprint density at radius 1 is 0.840 bits per heavy atom. The highest BCUT2D eigenvalue weighted by Crippen LogP contribution is 2.24. The van der Waals surface area contributed by atoms with Gasteiger partial charge < -0.3 is 22.1 Å². The zero-order valence-electron chi connectivity index (χ0n) is 28.3. The number of hydrogen-bond acceptors (Lipinski definition) is 5. The van der Waals surface area contributed by atoms with Gasteiger partial charge >= 0.3 is 0 Å². The zero-order chi connectivity index (χ0) is 35.3. The summed E-state index contributed by atoms with van der Waals surface area (Å²) in [4.78, 5) is 37.7. The summed E-state index contributed by atoms with van der Waals surface area (Å²) >= 11 is 0. The van der Waals surface area contributed by atoms with Crippen LogP contribution >= 0.6 is 0 Å². The molecule has 5 rings (SSSR count). The molecule has 0 aliphatic carbocycles. The third-order valence-electron chi connectivity index (χ3n) is 8.60. The number of pyridine rings is 1. The maximum atomic E-state index is 13.6. The number of rotatable bonds is 16. The average Bonchev–Trinajstić information content (AvgIpc) is 3.13. The normalized spacial score (nSPS) is 12.3. The second kappa shape index (κ2) is 17.7. The van der Waals surface area contributed by atoms with Crippen molar-refractivity contribution < 1.29 is 14.0 Å². The van der Waals surface area contributed by atoms with E-state index >= 15 is 0 Å². The van der Waals surface area contributed by atoms with Crippen LogP contribution in [0, 0.1) is 5.82 Å². The van der Waals surface area contributed by atoms with Crippen molar-refractivity contribution in [3.05, 3.63) is 149 Å². The van der Waals surface area contributed by atoms with Gasteiger partial charge in [-0.25, -0.2) is 4.39 Å². The number of nitrogens with zero attached hydrogens (tertiary/aromatic N) is 3. The minimum absolute atomic E-state index is 0.0204. The van der Waals surface area contributed by atoms with Crippen LogP contribution in [0.4, 0.5) is 4.39 Å². The Morgan fingerprint density at radius 3 is 2.24 bits per heavy atom. The van der Waals surface area contributed by atoms with Gasteiger partial charge in [0.2, 0.25) is 5.91 Å². The maximum absolute atomic E-state index is 13.6. The first-order valence-electron chi connectivity index (χ1n) is 16.8. The van der Waals surface area contributed by atoms with Crippen molar-refractivity contribution in [1.29, 1.82) is 0 Å². The van der Waals surface area contributed by atoms with Crippen molar-refractivity contribution in [2.24, 2.45) is 16.5 Å². The fraction of sp³-hybridized carbons (Fsp3) is 0.250. The van der Waals surface area contributed by atoms with Crippen molar-refractivity contribution in [2.75, 3.05) is 13.1 Å². The summed E-state index contributed by atoms with van der Waals surface area (Å²) in [5.74, 6) is -0.924. The van der Waals surface area contributed by atoms with Gasteiger partial charge in [0.05, 0.1) is 6.04 Å². The van der Waals surface area contributed by atoms with Crippen LogP contribution < -0.4 is 22.1 Å². The molecule has 1 aromatic heterocycles. The van der Waals surface area contributed by atoms with Crippen molar-refractivity contribution >= 4 is 28.5 Å². The van der Waals surface area contributed by atoms with E-state index in [0.717, 1.165) is 46.0 Å². The summed E-state index contributed by atoms with van der Waals surface area (Å²) in [7, 11) is 0. The molecule has 4 aromatic carbocycles. The molecule has 258 valence electrons. The van der Waals surface area contributed by atoms with Crippen LogP contribution in [-0.2, 0) is 24.3 Å². The molecule has 0 bridgehead atoms. The second-order valence-corrected chi connectivity index (χ2v) is 12.4. The standard InChI is InChI=1S/C40H44FN7O2/c1-28(35-11-4-9-32-8-2-3-10-36(32)35)46-39(50)37(12-6-23-45-40(42)43)47-38(49)33-17-13-30(14-18-33)26-48(24-21-29-7-5-22-44-25-29)27-31-15-19-34(41)20-16-31/h2-5,7-11,13-20,22,25,28,37H,6,12,21,23-24,26-27H2,1H3,(H,46,50)(H,47,49)(H4,42,43,45)/t28-,37+/m1/s1. The van der Waals surface area contributed by atoms with Gasteiger partial charge in [-0.1, -0.05) is 72.8 Å². The molecule has 0 aliphatic rings. The van der Waals surface area contributed by atoms with Gasteiger partial charge in [0.25, 0.3) is 5.91 Å². The van der Waals surface area contributed by atoms with E-state index in [1.54, 1.807) is 30.5 Å². The van der Waals surface area contributed by atoms with Crippen LogP contribution in [-0.4, -0.2) is 46.8 Å². The monoisotopic (exact) mass is 673 g/mol. The Morgan fingerprint density at radius 2 is 1.54 bits per heavy atom. The molecule has 0 aliphatic heterocycles. The Kier molecular flexibility index (Phi) is 12.6. The van der Waals surface area contributed by atoms with Gasteiger partial charge in [-0.05, 0) is 89.5 Å². The number of nitrogens with two attached hydrogens (primary N) is 2. The van der Waals surface area contributed by atoms with Crippen molar-refractivity contribution in [3.8, 4) is 0 Å². The third-order valence-corrected chi connectivity index (χ3v) is 8.60. The first-order valence-corrected chi connectivity index (χ1v) is 16.8. The lowest BCUT2D eigenvalue weighted by Gasteiger charge is -2.23. The Hall–Kier alpha value is -5.61. The molecular weight excluding hydrogens is 629 g/mol. The number of carbonyl (C=O) groups is 2. The van der Waals surface area contributed by atoms with Crippen molar-refractivity contribution in [3.63, 3.8) is 0 Å². The Balaban J connectivity index is 1.25. The van der Waals surface area contributed by atoms with Crippen LogP contribution in [0.2, 0.25) is 0 Å². The van der Waals surface area contributed by atoms with E-state index in [0.29, 0.717) is 38.0 Å². The number of fused-ring (bicyclic) bond motifs is 1. The molecule has 0 saturated carbocycles. The van der Waals surface area contributed by atoms with Crippen molar-refractivity contribution in [2.45, 2.75) is 51.4 Å². The maximum Gasteiger partial charge on any atom is 0.251 e. The molecule has 6 N–H and O–H groups in total. The average molecular weight is 674 g/mol. The molecule has 50 heavy (non-hydrogen) atoms. The minimum atomic E-state index is -0.799. The number of guanidine groups is 1. The Labute approximate surface area is 292 Å². The van der Waals surface area contributed by atoms with Crippen molar-refractivity contribution in [1.82, 2.24) is 20.5 Å². The molecule has 0 spiro atoms. The summed E-state index contributed by atoms with van der Waals surface area (Å²) in [6.45, 7) is 4.30. The topological polar surface area (TPSA) is 139 Å². The summed E-state index contributed by atoms with van der Waals surface area (Å²) in [5, 5.41) is 8.19. The van der Waals surface area contributed by atoms with Gasteiger partial charge in [0, 0.05) is 44.1 Å². The number of benzene rings is 4. The number of carbonyl (C=O) groups excluding carboxylic acids is 2. The molecule has 9 nitrogen and oxygen atoms in total. The van der Waals surface area contributed by atoms with Crippen LogP contribution in [0.25, 0.3) is 10.8 Å². The second-order valence-electron chi connectivity index (χ2n) is 12.4. The smallest absolute Gasteiger partial charge is 0.251 e. The van der Waals surface area contributed by atoms with E-state index in [1.165, 1.54) is 12.1 Å². The van der Waals surface area contributed by atoms with E-state index in [9.17, 15) is 14.0 Å². The van der Waals surface area contributed by atoms with Gasteiger partial charge in [0.1, 0.15) is 11.9 Å². The van der Waals surface area contributed by atoms with Crippen LogP contribution in [0.15, 0.2) is 121 Å². The van der Waals surface area contributed by atoms with Gasteiger partial charge in [-0.2, -0.15) is 0 Å². The molecule has 0 saturated heterocycles. The summed E-state index contributed by atoms with van der Waals surface area (Å²) in [5.41, 5.74) is 15.6. The largest absolute Gasteiger partial charge is 0.370 e. The molecule has 0 radical (unpaired) electrons. The fourth-order valence-corrected chi connectivity index (χ4v) is 5.95. The molecule has 10 heteroatoms. The summed E-state index contributed by atoms with van der Waals surface area (Å²) < 4.78 is 13.6. The van der Waals surface area contributed by atoms with Gasteiger partial charge in [0.15, 0.2) is 5.96 Å². The number of hydrogen-bond donors (Lipinski definition) is 4. The van der Waals surface area contributed by atoms with Gasteiger partial charge in [-0.15, -0.1) is 0 Å². The third kappa shape index (κ3) is 10.4. The number of aliphatic imine (C=N–C) groups is 1. The zero-order valence-corrected chi connectivity index (χ0v) is 28.3. The van der Waals surface area contributed by atoms with E-state index in [2.05, 4.69) is 31.6 Å². The van der Waals surface area contributed by atoms with Crippen LogP contribution in [0.5, 0.6) is 0 Å². The highest BCUT2D eigenvalue weighted by molar-refractivity contribution is 5.97. The first kappa shape index (κ1) is 35.7. The van der Waals surface area contributed by atoms with E-state index in [-0.39, 0.29) is 29.6 Å². The van der Waals surface area contributed by atoms with E-state index in [1.807, 2.05) is 73.8 Å². The molecule has 5 aromatic rings. The summed E-state index contributed by atoms with van der Waals surface area (Å²) in [6, 6.07) is 30.9. The molecular formula is C40H44FN7O2. The van der Waals surface area contributed by atoms with Crippen LogP contribution in [0.1, 0.15) is 58.4 Å². The quantitative estimate of drug-likeness (QED) is 0.0607. The minimum Gasteiger partial charge on any atom is -0.370 e. The van der Waals surface area contributed by atoms with Gasteiger partial charge in [-0.3, -0.25) is 24.5 Å². The molecule has 0 unspecified atom stereocenters. The highest BCUT2D eigenvalue weighted by atomic mass is 19.1. The first-order chi connectivity index (χ1) is 24.2. The highest BCUT2D eigenvalue weighted by Gasteiger charge is 2.24. The number of amides is 2. The lowest BCUT2D eigenvalue weighted by molar-refractivity contribution is -0.123. The fourth-order valence-electron chi connectivity index (χ4n) is 5.95. The lowest BCUT2D eigenvalue weighted by Crippen LogP contribution is -2.47. The number of nitrogens with one attached hydrogen (secondary N) is 2. The molecule has 1 heterocycles. The predicted molar refractivity (Wildman–Crippen MR) is 197 cm³/mol. The molecule has 2 atom stereocenters. The lowest BCUT2D eigenvalue weighted by atomic mass is 9.99. The number of halogens is 1. The number of aromatic nitrogens is 1. The Bertz CT molecular complexity index is 1870.